The number of halogens is 2. The molecule has 0 fully saturated rings. The van der Waals surface area contributed by atoms with E-state index in [4.69, 9.17) is 37.8 Å². The Labute approximate surface area is 149 Å². The van der Waals surface area contributed by atoms with Crippen LogP contribution in [0.15, 0.2) is 22.4 Å². The first-order valence-corrected chi connectivity index (χ1v) is 10.4. The van der Waals surface area contributed by atoms with Crippen LogP contribution in [0, 0.1) is 0 Å². The molecule has 0 unspecified atom stereocenters. The zero-order valence-corrected chi connectivity index (χ0v) is 15.4. The van der Waals surface area contributed by atoms with Gasteiger partial charge in [0.1, 0.15) is 4.21 Å². The molecule has 0 aliphatic heterocycles. The molecule has 0 aliphatic rings. The van der Waals surface area contributed by atoms with Crippen LogP contribution in [-0.2, 0) is 10.0 Å². The van der Waals surface area contributed by atoms with Crippen molar-refractivity contribution in [2.24, 2.45) is 5.14 Å². The van der Waals surface area contributed by atoms with Crippen molar-refractivity contribution in [1.29, 1.82) is 0 Å². The molecule has 0 aliphatic carbocycles. The summed E-state index contributed by atoms with van der Waals surface area (Å²) >= 11 is 12.4. The fourth-order valence-corrected chi connectivity index (χ4v) is 3.91. The van der Waals surface area contributed by atoms with E-state index in [0.717, 1.165) is 21.4 Å². The van der Waals surface area contributed by atoms with Crippen LogP contribution in [0.1, 0.15) is 12.8 Å². The Morgan fingerprint density at radius 3 is 2.09 bits per heavy atom. The van der Waals surface area contributed by atoms with Gasteiger partial charge < -0.3 is 9.47 Å². The maximum Gasteiger partial charge on any atom is 0.247 e. The fraction of sp³-hybridized carbons (Fsp3) is 0.429. The van der Waals surface area contributed by atoms with Crippen LogP contribution >= 0.6 is 34.5 Å². The van der Waals surface area contributed by atoms with Gasteiger partial charge in [0, 0.05) is 22.5 Å². The van der Waals surface area contributed by atoms with Crippen molar-refractivity contribution in [3.8, 4) is 11.5 Å². The fourth-order valence-electron chi connectivity index (χ4n) is 1.86. The summed E-state index contributed by atoms with van der Waals surface area (Å²) in [5.41, 5.74) is 0. The van der Waals surface area contributed by atoms with Crippen molar-refractivity contribution < 1.29 is 17.9 Å². The minimum absolute atomic E-state index is 0.108. The lowest BCUT2D eigenvalue weighted by molar-refractivity contribution is 0.270. The normalized spacial score (nSPS) is 11.8. The van der Waals surface area contributed by atoms with E-state index in [-0.39, 0.29) is 4.21 Å². The predicted molar refractivity (Wildman–Crippen MR) is 94.9 cm³/mol. The molecule has 0 radical (unpaired) electrons. The molecule has 23 heavy (non-hydrogen) atoms. The number of ether oxygens (including phenoxy) is 2. The molecule has 9 heteroatoms. The summed E-state index contributed by atoms with van der Waals surface area (Å²) in [6.45, 7) is 0.904. The highest BCUT2D eigenvalue weighted by Gasteiger charge is 2.16. The van der Waals surface area contributed by atoms with Gasteiger partial charge in [-0.2, -0.15) is 0 Å². The topological polar surface area (TPSA) is 78.6 Å². The molecule has 0 spiro atoms. The number of hydrogen-bond acceptors (Lipinski definition) is 5. The molecule has 2 N–H and O–H groups in total. The van der Waals surface area contributed by atoms with Crippen molar-refractivity contribution in [2.75, 3.05) is 25.0 Å². The first kappa shape index (κ1) is 18.6. The molecule has 128 valence electrons. The van der Waals surface area contributed by atoms with Gasteiger partial charge in [-0.25, -0.2) is 13.6 Å². The third-order valence-electron chi connectivity index (χ3n) is 2.91. The molecule has 0 saturated carbocycles. The lowest BCUT2D eigenvalue weighted by Gasteiger charge is -2.12. The molecule has 1 aromatic heterocycles. The number of hydrogen-bond donors (Lipinski definition) is 1. The number of nitrogens with two attached hydrogens (primary N) is 1. The molecule has 1 heterocycles. The maximum absolute atomic E-state index is 11.5. The van der Waals surface area contributed by atoms with E-state index in [1.807, 2.05) is 0 Å². The molecule has 0 amide bonds. The van der Waals surface area contributed by atoms with Crippen LogP contribution in [-0.4, -0.2) is 33.4 Å². The van der Waals surface area contributed by atoms with Crippen LogP contribution in [0.4, 0.5) is 0 Å². The summed E-state index contributed by atoms with van der Waals surface area (Å²) in [4.78, 5) is 0. The summed E-state index contributed by atoms with van der Waals surface area (Å²) in [5, 5.41) is 5.92. The third-order valence-corrected chi connectivity index (χ3v) is 5.96. The van der Waals surface area contributed by atoms with Crippen LogP contribution < -0.4 is 14.6 Å². The van der Waals surface area contributed by atoms with Crippen molar-refractivity contribution >= 4 is 54.6 Å². The van der Waals surface area contributed by atoms with Crippen LogP contribution in [0.2, 0.25) is 0 Å². The monoisotopic (exact) mass is 397 g/mol. The summed E-state index contributed by atoms with van der Waals surface area (Å²) in [5.74, 6) is 2.11. The van der Waals surface area contributed by atoms with Gasteiger partial charge in [-0.1, -0.05) is 0 Å². The van der Waals surface area contributed by atoms with Gasteiger partial charge in [0.15, 0.2) is 11.5 Å². The Morgan fingerprint density at radius 1 is 1.00 bits per heavy atom. The highest BCUT2D eigenvalue weighted by molar-refractivity contribution is 7.91. The molecule has 0 saturated heterocycles. The van der Waals surface area contributed by atoms with Gasteiger partial charge in [0.2, 0.25) is 10.0 Å². The van der Waals surface area contributed by atoms with E-state index in [0.29, 0.717) is 49.3 Å². The molecule has 5 nitrogen and oxygen atoms in total. The van der Waals surface area contributed by atoms with E-state index in [2.05, 4.69) is 0 Å². The second kappa shape index (κ2) is 8.39. The summed E-state index contributed by atoms with van der Waals surface area (Å²) in [7, 11) is -3.73. The first-order valence-electron chi connectivity index (χ1n) is 6.93. The number of thiophene rings is 1. The quantitative estimate of drug-likeness (QED) is 0.518. The van der Waals surface area contributed by atoms with Crippen LogP contribution in [0.5, 0.6) is 11.5 Å². The first-order chi connectivity index (χ1) is 11.0. The summed E-state index contributed by atoms with van der Waals surface area (Å²) in [6.07, 6.45) is 1.40. The van der Waals surface area contributed by atoms with Crippen molar-refractivity contribution in [1.82, 2.24) is 0 Å². The highest BCUT2D eigenvalue weighted by Crippen LogP contribution is 2.38. The van der Waals surface area contributed by atoms with Crippen molar-refractivity contribution in [3.63, 3.8) is 0 Å². The van der Waals surface area contributed by atoms with Crippen molar-refractivity contribution in [3.05, 3.63) is 18.2 Å². The number of rotatable bonds is 9. The Balaban J connectivity index is 2.35. The molecule has 1 aromatic carbocycles. The minimum Gasteiger partial charge on any atom is -0.490 e. The second-order valence-electron chi connectivity index (χ2n) is 4.73. The predicted octanol–water partition coefficient (Wildman–Crippen LogP) is 3.56. The molecule has 2 rings (SSSR count). The SMILES string of the molecule is NS(=O)(=O)c1cc2cc(OCCCCl)c(OCCCCl)cc2s1. The van der Waals surface area contributed by atoms with E-state index in [1.165, 1.54) is 6.07 Å². The molecule has 2 aromatic rings. The van der Waals surface area contributed by atoms with E-state index >= 15 is 0 Å². The van der Waals surface area contributed by atoms with E-state index in [1.54, 1.807) is 12.1 Å². The van der Waals surface area contributed by atoms with Crippen LogP contribution in [0.25, 0.3) is 10.1 Å². The Hall–Kier alpha value is -0.730. The molecule has 0 atom stereocenters. The van der Waals surface area contributed by atoms with E-state index in [9.17, 15) is 8.42 Å². The van der Waals surface area contributed by atoms with Gasteiger partial charge in [0.05, 0.1) is 13.2 Å². The lowest BCUT2D eigenvalue weighted by atomic mass is 10.2. The minimum atomic E-state index is -3.73. The van der Waals surface area contributed by atoms with Crippen molar-refractivity contribution in [2.45, 2.75) is 17.1 Å². The maximum atomic E-state index is 11.5. The van der Waals surface area contributed by atoms with Gasteiger partial charge in [-0.15, -0.1) is 34.5 Å². The van der Waals surface area contributed by atoms with Gasteiger partial charge in [-0.3, -0.25) is 0 Å². The zero-order valence-electron chi connectivity index (χ0n) is 12.3. The number of alkyl halides is 2. The molecular weight excluding hydrogens is 381 g/mol. The van der Waals surface area contributed by atoms with Gasteiger partial charge >= 0.3 is 0 Å². The standard InChI is InChI=1S/C14H17Cl2NO4S2/c15-3-1-5-20-11-7-10-8-14(23(17,18)19)22-13(10)9-12(11)21-6-2-4-16/h7-9H,1-6H2,(H2,17,18,19). The van der Waals surface area contributed by atoms with Crippen LogP contribution in [0.3, 0.4) is 0 Å². The summed E-state index contributed by atoms with van der Waals surface area (Å²) in [6, 6.07) is 5.05. The molecular formula is C14H17Cl2NO4S2. The average Bonchev–Trinajstić information content (AvgIpc) is 2.91. The highest BCUT2D eigenvalue weighted by atomic mass is 35.5. The van der Waals surface area contributed by atoms with E-state index < -0.39 is 10.0 Å². The second-order valence-corrected chi connectivity index (χ2v) is 8.36. The number of fused-ring (bicyclic) bond motifs is 1. The third kappa shape index (κ3) is 5.12. The largest absolute Gasteiger partial charge is 0.490 e. The number of benzene rings is 1. The smallest absolute Gasteiger partial charge is 0.247 e. The molecule has 0 bridgehead atoms. The van der Waals surface area contributed by atoms with Gasteiger partial charge in [-0.05, 0) is 30.4 Å². The zero-order chi connectivity index (χ0) is 16.9. The Morgan fingerprint density at radius 2 is 1.57 bits per heavy atom. The summed E-state index contributed by atoms with van der Waals surface area (Å²) < 4.78 is 35.2. The lowest BCUT2D eigenvalue weighted by Crippen LogP contribution is -2.09. The number of primary sulfonamides is 1. The Bertz CT molecular complexity index is 714. The van der Waals surface area contributed by atoms with Gasteiger partial charge in [0.25, 0.3) is 0 Å². The Kier molecular flexibility index (Phi) is 6.79. The average molecular weight is 398 g/mol. The number of sulfonamides is 1.